The predicted octanol–water partition coefficient (Wildman–Crippen LogP) is 4.78. The Morgan fingerprint density at radius 2 is 1.78 bits per heavy atom. The number of carbonyl (C=O) groups is 2. The van der Waals surface area contributed by atoms with Crippen molar-refractivity contribution in [3.63, 3.8) is 0 Å². The molecule has 1 aliphatic heterocycles. The number of hydrogen-bond donors (Lipinski definition) is 1. The van der Waals surface area contributed by atoms with E-state index in [4.69, 9.17) is 14.2 Å². The highest BCUT2D eigenvalue weighted by Gasteiger charge is 2.20. The van der Waals surface area contributed by atoms with E-state index < -0.39 is 0 Å². The van der Waals surface area contributed by atoms with E-state index in [2.05, 4.69) is 27.6 Å². The van der Waals surface area contributed by atoms with Crippen LogP contribution < -0.4 is 14.8 Å². The van der Waals surface area contributed by atoms with Crippen molar-refractivity contribution in [1.82, 2.24) is 20.1 Å². The van der Waals surface area contributed by atoms with Gasteiger partial charge in [-0.25, -0.2) is 0 Å². The van der Waals surface area contributed by atoms with Crippen molar-refractivity contribution >= 4 is 23.5 Å². The maximum absolute atomic E-state index is 13.1. The van der Waals surface area contributed by atoms with Gasteiger partial charge in [0.15, 0.2) is 16.8 Å². The molecule has 0 spiro atoms. The van der Waals surface area contributed by atoms with Crippen LogP contribution in [-0.2, 0) is 17.8 Å². The Morgan fingerprint density at radius 3 is 2.49 bits per heavy atom. The third-order valence-electron chi connectivity index (χ3n) is 6.87. The molecule has 1 atom stereocenters. The van der Waals surface area contributed by atoms with Crippen LogP contribution in [0.5, 0.6) is 11.5 Å². The fourth-order valence-corrected chi connectivity index (χ4v) is 5.63. The molecule has 5 rings (SSSR count). The van der Waals surface area contributed by atoms with Crippen molar-refractivity contribution in [1.29, 1.82) is 0 Å². The van der Waals surface area contributed by atoms with Gasteiger partial charge in [0.1, 0.15) is 11.5 Å². The van der Waals surface area contributed by atoms with Gasteiger partial charge in [-0.3, -0.25) is 9.59 Å². The lowest BCUT2D eigenvalue weighted by Gasteiger charge is -2.13. The predicted molar refractivity (Wildman–Crippen MR) is 156 cm³/mol. The molecule has 0 radical (unpaired) electrons. The Hall–Kier alpha value is -4.15. The first kappa shape index (κ1) is 28.4. The summed E-state index contributed by atoms with van der Waals surface area (Å²) in [5, 5.41) is 12.6. The van der Waals surface area contributed by atoms with Crippen LogP contribution >= 0.6 is 11.8 Å². The van der Waals surface area contributed by atoms with Crippen LogP contribution in [0.1, 0.15) is 50.5 Å². The maximum atomic E-state index is 13.1. The summed E-state index contributed by atoms with van der Waals surface area (Å²) in [5.41, 5.74) is 2.37. The second-order valence-electron chi connectivity index (χ2n) is 9.57. The summed E-state index contributed by atoms with van der Waals surface area (Å²) in [6.07, 6.45) is 2.37. The zero-order chi connectivity index (χ0) is 28.6. The molecule has 0 aliphatic carbocycles. The normalized spacial score (nSPS) is 14.5. The molecular weight excluding hydrogens is 540 g/mol. The molecule has 0 saturated carbocycles. The van der Waals surface area contributed by atoms with Gasteiger partial charge in [-0.1, -0.05) is 54.2 Å². The van der Waals surface area contributed by atoms with Gasteiger partial charge in [0, 0.05) is 23.5 Å². The van der Waals surface area contributed by atoms with Crippen LogP contribution in [-0.4, -0.2) is 59.1 Å². The maximum Gasteiger partial charge on any atom is 0.251 e. The number of amides is 1. The van der Waals surface area contributed by atoms with Crippen LogP contribution in [0.2, 0.25) is 0 Å². The van der Waals surface area contributed by atoms with Gasteiger partial charge in [0.05, 0.1) is 39.0 Å². The Balaban J connectivity index is 1.27. The van der Waals surface area contributed by atoms with Crippen molar-refractivity contribution in [2.24, 2.45) is 0 Å². The van der Waals surface area contributed by atoms with Crippen LogP contribution in [0, 0.1) is 0 Å². The van der Waals surface area contributed by atoms with Gasteiger partial charge < -0.3 is 24.1 Å². The molecule has 41 heavy (non-hydrogen) atoms. The molecule has 9 nitrogen and oxygen atoms in total. The summed E-state index contributed by atoms with van der Waals surface area (Å²) >= 11 is 1.63. The zero-order valence-corrected chi connectivity index (χ0v) is 23.9. The van der Waals surface area contributed by atoms with E-state index in [1.165, 1.54) is 7.11 Å². The van der Waals surface area contributed by atoms with E-state index in [1.54, 1.807) is 61.3 Å². The van der Waals surface area contributed by atoms with E-state index in [0.717, 1.165) is 35.9 Å². The SMILES string of the molecule is COc1ccc(OC)c(C(=O)c2ccc(C(=O)NCc3nnc(SC[C@@H]4CCCO4)n3Cc3ccccc3)cc2)c1. The summed E-state index contributed by atoms with van der Waals surface area (Å²) in [4.78, 5) is 26.2. The molecule has 0 bridgehead atoms. The molecule has 2 heterocycles. The minimum absolute atomic E-state index is 0.209. The first-order chi connectivity index (χ1) is 20.1. The molecule has 4 aromatic rings. The Bertz CT molecular complexity index is 1480. The molecule has 1 amide bonds. The van der Waals surface area contributed by atoms with E-state index in [1.807, 2.05) is 22.8 Å². The molecule has 1 saturated heterocycles. The molecule has 212 valence electrons. The van der Waals surface area contributed by atoms with Crippen molar-refractivity contribution in [3.8, 4) is 11.5 Å². The molecule has 1 N–H and O–H groups in total. The molecule has 1 aromatic heterocycles. The number of nitrogens with zero attached hydrogens (tertiary/aromatic N) is 3. The van der Waals surface area contributed by atoms with Crippen molar-refractivity contribution in [3.05, 3.63) is 101 Å². The van der Waals surface area contributed by atoms with Crippen molar-refractivity contribution in [2.75, 3.05) is 26.6 Å². The summed E-state index contributed by atoms with van der Waals surface area (Å²) in [7, 11) is 3.05. The van der Waals surface area contributed by atoms with Crippen LogP contribution in [0.25, 0.3) is 0 Å². The van der Waals surface area contributed by atoms with Crippen LogP contribution in [0.4, 0.5) is 0 Å². The van der Waals surface area contributed by atoms with Crippen LogP contribution in [0.15, 0.2) is 78.0 Å². The summed E-state index contributed by atoms with van der Waals surface area (Å²) in [5.74, 6) is 1.98. The average Bonchev–Trinajstić information content (AvgIpc) is 3.68. The minimum Gasteiger partial charge on any atom is -0.497 e. The van der Waals surface area contributed by atoms with Gasteiger partial charge in [-0.05, 0) is 48.7 Å². The lowest BCUT2D eigenvalue weighted by Crippen LogP contribution is -2.25. The van der Waals surface area contributed by atoms with Gasteiger partial charge in [0.2, 0.25) is 0 Å². The highest BCUT2D eigenvalue weighted by Crippen LogP contribution is 2.27. The molecule has 3 aromatic carbocycles. The average molecular weight is 573 g/mol. The molecule has 10 heteroatoms. The third kappa shape index (κ3) is 6.96. The smallest absolute Gasteiger partial charge is 0.251 e. The number of aromatic nitrogens is 3. The highest BCUT2D eigenvalue weighted by molar-refractivity contribution is 7.99. The molecule has 1 fully saturated rings. The second-order valence-corrected chi connectivity index (χ2v) is 10.6. The van der Waals surface area contributed by atoms with Crippen LogP contribution in [0.3, 0.4) is 0 Å². The summed E-state index contributed by atoms with van der Waals surface area (Å²) in [6, 6.07) is 21.7. The molecular formula is C31H32N4O5S. The van der Waals surface area contributed by atoms with Gasteiger partial charge in [0.25, 0.3) is 5.91 Å². The highest BCUT2D eigenvalue weighted by atomic mass is 32.2. The summed E-state index contributed by atoms with van der Waals surface area (Å²) < 4.78 is 18.4. The number of carbonyl (C=O) groups excluding carboxylic acids is 2. The quantitative estimate of drug-likeness (QED) is 0.191. The number of benzene rings is 3. The number of thioether (sulfide) groups is 1. The number of nitrogens with one attached hydrogen (secondary N) is 1. The zero-order valence-electron chi connectivity index (χ0n) is 23.0. The lowest BCUT2D eigenvalue weighted by atomic mass is 10.0. The monoisotopic (exact) mass is 572 g/mol. The summed E-state index contributed by atoms with van der Waals surface area (Å²) in [6.45, 7) is 1.61. The number of methoxy groups -OCH3 is 2. The topological polar surface area (TPSA) is 105 Å². The standard InChI is InChI=1S/C31H32N4O5S/c1-38-24-14-15-27(39-2)26(17-24)29(36)22-10-12-23(13-11-22)30(37)32-18-28-33-34-31(41-20-25-9-6-16-40-25)35(28)19-21-7-4-3-5-8-21/h3-5,7-8,10-15,17,25H,6,9,16,18-20H2,1-2H3,(H,32,37)/t25-/m0/s1. The Labute approximate surface area is 243 Å². The largest absolute Gasteiger partial charge is 0.497 e. The van der Waals surface area contributed by atoms with Gasteiger partial charge in [-0.15, -0.1) is 10.2 Å². The van der Waals surface area contributed by atoms with Gasteiger partial charge in [-0.2, -0.15) is 0 Å². The number of hydrogen-bond acceptors (Lipinski definition) is 8. The van der Waals surface area contributed by atoms with E-state index >= 15 is 0 Å². The third-order valence-corrected chi connectivity index (χ3v) is 7.97. The number of ketones is 1. The minimum atomic E-state index is -0.272. The van der Waals surface area contributed by atoms with E-state index in [-0.39, 0.29) is 24.3 Å². The first-order valence-electron chi connectivity index (χ1n) is 13.4. The number of rotatable bonds is 12. The fraction of sp³-hybridized carbons (Fsp3) is 0.290. The first-order valence-corrected chi connectivity index (χ1v) is 14.4. The van der Waals surface area contributed by atoms with Crippen molar-refractivity contribution < 1.29 is 23.8 Å². The molecule has 0 unspecified atom stereocenters. The van der Waals surface area contributed by atoms with E-state index in [9.17, 15) is 9.59 Å². The number of ether oxygens (including phenoxy) is 3. The fourth-order valence-electron chi connectivity index (χ4n) is 4.61. The Morgan fingerprint density at radius 1 is 1.00 bits per heavy atom. The van der Waals surface area contributed by atoms with Crippen molar-refractivity contribution in [2.45, 2.75) is 37.2 Å². The van der Waals surface area contributed by atoms with Gasteiger partial charge >= 0.3 is 0 Å². The second kappa shape index (κ2) is 13.5. The Kier molecular flexibility index (Phi) is 9.33. The lowest BCUT2D eigenvalue weighted by molar-refractivity contribution is 0.0948. The van der Waals surface area contributed by atoms with E-state index in [0.29, 0.717) is 40.6 Å². The molecule has 1 aliphatic rings.